The van der Waals surface area contributed by atoms with Gasteiger partial charge in [0.2, 0.25) is 0 Å². The quantitative estimate of drug-likeness (QED) is 0.743. The lowest BCUT2D eigenvalue weighted by molar-refractivity contribution is 0.615. The van der Waals surface area contributed by atoms with Crippen molar-refractivity contribution in [3.05, 3.63) is 66.1 Å². The highest BCUT2D eigenvalue weighted by Crippen LogP contribution is 2.20. The van der Waals surface area contributed by atoms with Gasteiger partial charge in [0.1, 0.15) is 5.82 Å². The second kappa shape index (κ2) is 5.13. The Bertz CT molecular complexity index is 719. The van der Waals surface area contributed by atoms with Gasteiger partial charge in [-0.25, -0.2) is 9.07 Å². The van der Waals surface area contributed by atoms with E-state index in [0.717, 1.165) is 16.8 Å². The van der Waals surface area contributed by atoms with Gasteiger partial charge in [-0.2, -0.15) is 0 Å². The average molecular weight is 268 g/mol. The molecule has 0 atom stereocenters. The van der Waals surface area contributed by atoms with Crippen LogP contribution in [0.5, 0.6) is 0 Å². The van der Waals surface area contributed by atoms with Crippen molar-refractivity contribution in [3.63, 3.8) is 0 Å². The molecule has 1 aromatic heterocycles. The lowest BCUT2D eigenvalue weighted by atomic mass is 10.1. The first-order valence-corrected chi connectivity index (χ1v) is 6.21. The zero-order valence-corrected chi connectivity index (χ0v) is 10.7. The van der Waals surface area contributed by atoms with E-state index in [0.29, 0.717) is 12.2 Å². The lowest BCUT2D eigenvalue weighted by Crippen LogP contribution is -2.04. The van der Waals surface area contributed by atoms with Gasteiger partial charge in [0.15, 0.2) is 0 Å². The Labute approximate surface area is 115 Å². The molecule has 0 saturated heterocycles. The van der Waals surface area contributed by atoms with E-state index in [-0.39, 0.29) is 5.82 Å². The summed E-state index contributed by atoms with van der Waals surface area (Å²) in [6.07, 6.45) is 1.69. The minimum absolute atomic E-state index is 0.253. The van der Waals surface area contributed by atoms with E-state index in [2.05, 4.69) is 10.3 Å². The van der Waals surface area contributed by atoms with E-state index >= 15 is 0 Å². The Morgan fingerprint density at radius 1 is 1.10 bits per heavy atom. The third kappa shape index (κ3) is 2.51. The van der Waals surface area contributed by atoms with Crippen molar-refractivity contribution < 1.29 is 4.39 Å². The van der Waals surface area contributed by atoms with Crippen LogP contribution in [-0.2, 0) is 6.54 Å². The van der Waals surface area contributed by atoms with Crippen LogP contribution in [0.25, 0.3) is 11.3 Å². The predicted molar refractivity (Wildman–Crippen MR) is 75.4 cm³/mol. The zero-order chi connectivity index (χ0) is 13.9. The highest BCUT2D eigenvalue weighted by atomic mass is 19.1. The summed E-state index contributed by atoms with van der Waals surface area (Å²) in [7, 11) is 0. The molecule has 3 aromatic rings. The third-order valence-electron chi connectivity index (χ3n) is 3.05. The molecule has 0 spiro atoms. The van der Waals surface area contributed by atoms with E-state index in [4.69, 9.17) is 5.73 Å². The van der Waals surface area contributed by atoms with Crippen molar-refractivity contribution in [2.24, 2.45) is 0 Å². The largest absolute Gasteiger partial charge is 0.399 e. The van der Waals surface area contributed by atoms with Crippen LogP contribution in [0, 0.1) is 5.82 Å². The molecule has 2 aromatic carbocycles. The monoisotopic (exact) mass is 268 g/mol. The molecule has 20 heavy (non-hydrogen) atoms. The highest BCUT2D eigenvalue weighted by molar-refractivity contribution is 5.61. The molecule has 0 radical (unpaired) electrons. The molecule has 0 fully saturated rings. The molecule has 4 nitrogen and oxygen atoms in total. The number of nitrogen functional groups attached to an aromatic ring is 1. The molecule has 0 aliphatic rings. The topological polar surface area (TPSA) is 56.7 Å². The molecule has 0 unspecified atom stereocenters. The third-order valence-corrected chi connectivity index (χ3v) is 3.05. The Morgan fingerprint density at radius 3 is 2.65 bits per heavy atom. The van der Waals surface area contributed by atoms with E-state index in [1.165, 1.54) is 12.1 Å². The summed E-state index contributed by atoms with van der Waals surface area (Å²) in [6, 6.07) is 13.9. The predicted octanol–water partition coefficient (Wildman–Crippen LogP) is 2.71. The molecular weight excluding hydrogens is 255 g/mol. The van der Waals surface area contributed by atoms with Gasteiger partial charge in [-0.15, -0.1) is 5.10 Å². The summed E-state index contributed by atoms with van der Waals surface area (Å²) in [5.74, 6) is -0.253. The first-order valence-electron chi connectivity index (χ1n) is 6.21. The normalized spacial score (nSPS) is 10.7. The molecule has 0 aliphatic carbocycles. The van der Waals surface area contributed by atoms with Gasteiger partial charge >= 0.3 is 0 Å². The van der Waals surface area contributed by atoms with Gasteiger partial charge in [0.05, 0.1) is 18.4 Å². The molecule has 3 rings (SSSR count). The fraction of sp³-hybridized carbons (Fsp3) is 0.0667. The van der Waals surface area contributed by atoms with Crippen molar-refractivity contribution in [1.82, 2.24) is 15.0 Å². The highest BCUT2D eigenvalue weighted by Gasteiger charge is 2.07. The number of anilines is 1. The summed E-state index contributed by atoms with van der Waals surface area (Å²) in [4.78, 5) is 0. The fourth-order valence-electron chi connectivity index (χ4n) is 2.06. The van der Waals surface area contributed by atoms with Crippen molar-refractivity contribution in [3.8, 4) is 11.3 Å². The minimum Gasteiger partial charge on any atom is -0.399 e. The van der Waals surface area contributed by atoms with Crippen LogP contribution in [0.15, 0.2) is 54.7 Å². The number of benzene rings is 2. The maximum absolute atomic E-state index is 13.2. The van der Waals surface area contributed by atoms with E-state index in [1.807, 2.05) is 30.3 Å². The molecular formula is C15H13FN4. The van der Waals surface area contributed by atoms with E-state index < -0.39 is 0 Å². The molecule has 0 amide bonds. The summed E-state index contributed by atoms with van der Waals surface area (Å²) < 4.78 is 14.9. The van der Waals surface area contributed by atoms with Crippen molar-refractivity contribution in [2.75, 3.05) is 5.73 Å². The zero-order valence-electron chi connectivity index (χ0n) is 10.7. The van der Waals surface area contributed by atoms with Crippen LogP contribution in [0.1, 0.15) is 5.56 Å². The summed E-state index contributed by atoms with van der Waals surface area (Å²) in [5.41, 5.74) is 9.07. The summed E-state index contributed by atoms with van der Waals surface area (Å²) in [5, 5.41) is 7.98. The number of rotatable bonds is 3. The molecule has 1 heterocycles. The van der Waals surface area contributed by atoms with Gasteiger partial charge < -0.3 is 5.73 Å². The van der Waals surface area contributed by atoms with Gasteiger partial charge in [0, 0.05) is 11.3 Å². The first kappa shape index (κ1) is 12.3. The van der Waals surface area contributed by atoms with Gasteiger partial charge in [0.25, 0.3) is 0 Å². The standard InChI is InChI=1S/C15H13FN4/c16-13-3-1-2-11(8-13)10-20-15(9-18-19-20)12-4-6-14(17)7-5-12/h1-9H,10,17H2. The Balaban J connectivity index is 1.92. The van der Waals surface area contributed by atoms with Crippen LogP contribution < -0.4 is 5.73 Å². The van der Waals surface area contributed by atoms with E-state index in [1.54, 1.807) is 16.9 Å². The number of halogens is 1. The smallest absolute Gasteiger partial charge is 0.123 e. The number of hydrogen-bond acceptors (Lipinski definition) is 3. The van der Waals surface area contributed by atoms with Gasteiger partial charge in [-0.3, -0.25) is 0 Å². The molecule has 100 valence electrons. The number of aromatic nitrogens is 3. The molecule has 0 saturated carbocycles. The van der Waals surface area contributed by atoms with Gasteiger partial charge in [-0.1, -0.05) is 29.5 Å². The molecule has 5 heteroatoms. The van der Waals surface area contributed by atoms with Crippen molar-refractivity contribution in [1.29, 1.82) is 0 Å². The maximum Gasteiger partial charge on any atom is 0.123 e. The fourth-order valence-corrected chi connectivity index (χ4v) is 2.06. The minimum atomic E-state index is -0.253. The number of nitrogens with zero attached hydrogens (tertiary/aromatic N) is 3. The number of hydrogen-bond donors (Lipinski definition) is 1. The molecule has 0 bridgehead atoms. The van der Waals surface area contributed by atoms with Crippen molar-refractivity contribution in [2.45, 2.75) is 6.54 Å². The average Bonchev–Trinajstić information content (AvgIpc) is 2.88. The maximum atomic E-state index is 13.2. The Hall–Kier alpha value is -2.69. The van der Waals surface area contributed by atoms with Crippen LogP contribution in [0.3, 0.4) is 0 Å². The van der Waals surface area contributed by atoms with Crippen LogP contribution >= 0.6 is 0 Å². The lowest BCUT2D eigenvalue weighted by Gasteiger charge is -2.07. The second-order valence-corrected chi connectivity index (χ2v) is 4.53. The first-order chi connectivity index (χ1) is 9.72. The van der Waals surface area contributed by atoms with E-state index in [9.17, 15) is 4.39 Å². The Kier molecular flexibility index (Phi) is 3.16. The molecule has 2 N–H and O–H groups in total. The SMILES string of the molecule is Nc1ccc(-c2cnnn2Cc2cccc(F)c2)cc1. The number of nitrogens with two attached hydrogens (primary N) is 1. The molecule has 0 aliphatic heterocycles. The van der Waals surface area contributed by atoms with Crippen LogP contribution in [0.4, 0.5) is 10.1 Å². The summed E-state index contributed by atoms with van der Waals surface area (Å²) >= 11 is 0. The van der Waals surface area contributed by atoms with Crippen LogP contribution in [0.2, 0.25) is 0 Å². The summed E-state index contributed by atoms with van der Waals surface area (Å²) in [6.45, 7) is 0.470. The Morgan fingerprint density at radius 2 is 1.90 bits per heavy atom. The van der Waals surface area contributed by atoms with Crippen molar-refractivity contribution >= 4 is 5.69 Å². The van der Waals surface area contributed by atoms with Gasteiger partial charge in [-0.05, 0) is 29.8 Å². The van der Waals surface area contributed by atoms with Crippen LogP contribution in [-0.4, -0.2) is 15.0 Å². The second-order valence-electron chi connectivity index (χ2n) is 4.53.